The maximum Gasteiger partial charge on any atom is 0.0552 e. The molecule has 0 unspecified atom stereocenters. The van der Waals surface area contributed by atoms with Gasteiger partial charge in [-0.2, -0.15) is 0 Å². The number of rotatable bonds is 4. The van der Waals surface area contributed by atoms with Crippen molar-refractivity contribution in [2.45, 2.75) is 20.3 Å². The quantitative estimate of drug-likeness (QED) is 0.902. The molecule has 0 saturated carbocycles. The summed E-state index contributed by atoms with van der Waals surface area (Å²) < 4.78 is 1.10. The summed E-state index contributed by atoms with van der Waals surface area (Å²) >= 11 is 3.67. The Morgan fingerprint density at radius 1 is 1.05 bits per heavy atom. The topological polar surface area (TPSA) is 29.3 Å². The third-order valence-corrected chi connectivity index (χ3v) is 4.16. The van der Waals surface area contributed by atoms with Crippen LogP contribution in [0.3, 0.4) is 0 Å². The number of nitrogens with two attached hydrogens (primary N) is 1. The normalized spacial score (nSPS) is 10.7. The third kappa shape index (κ3) is 3.22. The lowest BCUT2D eigenvalue weighted by Crippen LogP contribution is -2.12. The number of hydrogen-bond acceptors (Lipinski definition) is 2. The van der Waals surface area contributed by atoms with Crippen molar-refractivity contribution < 1.29 is 0 Å². The highest BCUT2D eigenvalue weighted by atomic mass is 79.9. The van der Waals surface area contributed by atoms with Crippen molar-refractivity contribution in [3.63, 3.8) is 0 Å². The fourth-order valence-corrected chi connectivity index (χ4v) is 3.15. The zero-order valence-electron chi connectivity index (χ0n) is 12.3. The molecule has 2 aromatic rings. The van der Waals surface area contributed by atoms with E-state index in [9.17, 15) is 0 Å². The first-order chi connectivity index (χ1) is 9.52. The molecule has 0 saturated heterocycles. The van der Waals surface area contributed by atoms with Crippen LogP contribution in [0.5, 0.6) is 0 Å². The van der Waals surface area contributed by atoms with Gasteiger partial charge in [-0.05, 0) is 72.1 Å². The second-order valence-electron chi connectivity index (χ2n) is 5.17. The van der Waals surface area contributed by atoms with Crippen molar-refractivity contribution in [3.05, 3.63) is 57.6 Å². The van der Waals surface area contributed by atoms with E-state index in [0.29, 0.717) is 6.54 Å². The van der Waals surface area contributed by atoms with Crippen LogP contribution in [0.1, 0.15) is 16.7 Å². The van der Waals surface area contributed by atoms with E-state index in [0.717, 1.165) is 16.6 Å². The molecule has 20 heavy (non-hydrogen) atoms. The molecule has 0 fully saturated rings. The number of halogens is 1. The lowest BCUT2D eigenvalue weighted by Gasteiger charge is -2.23. The van der Waals surface area contributed by atoms with E-state index in [4.69, 9.17) is 5.73 Å². The standard InChI is InChI=1S/C17H21BrN2/c1-12-4-6-16(13(2)10-12)20(3)17-7-5-14(8-9-19)11-15(17)18/h4-7,10-11H,8-9,19H2,1-3H3. The Balaban J connectivity index is 2.35. The summed E-state index contributed by atoms with van der Waals surface area (Å²) in [5, 5.41) is 0. The summed E-state index contributed by atoms with van der Waals surface area (Å²) in [5.74, 6) is 0. The molecule has 0 aliphatic carbocycles. The van der Waals surface area contributed by atoms with Gasteiger partial charge in [0.2, 0.25) is 0 Å². The van der Waals surface area contributed by atoms with E-state index in [-0.39, 0.29) is 0 Å². The van der Waals surface area contributed by atoms with Gasteiger partial charge in [0.1, 0.15) is 0 Å². The minimum absolute atomic E-state index is 0.679. The van der Waals surface area contributed by atoms with Crippen LogP contribution in [-0.2, 0) is 6.42 Å². The van der Waals surface area contributed by atoms with Crippen molar-refractivity contribution in [1.82, 2.24) is 0 Å². The van der Waals surface area contributed by atoms with Crippen LogP contribution >= 0.6 is 15.9 Å². The highest BCUT2D eigenvalue weighted by Gasteiger charge is 2.10. The summed E-state index contributed by atoms with van der Waals surface area (Å²) in [5.41, 5.74) is 11.8. The number of hydrogen-bond donors (Lipinski definition) is 1. The monoisotopic (exact) mass is 332 g/mol. The Labute approximate surface area is 129 Å². The molecule has 0 amide bonds. The van der Waals surface area contributed by atoms with Gasteiger partial charge < -0.3 is 10.6 Å². The van der Waals surface area contributed by atoms with Gasteiger partial charge in [-0.15, -0.1) is 0 Å². The Morgan fingerprint density at radius 3 is 2.35 bits per heavy atom. The smallest absolute Gasteiger partial charge is 0.0552 e. The molecule has 0 aliphatic rings. The molecule has 0 aromatic heterocycles. The SMILES string of the molecule is Cc1ccc(N(C)c2ccc(CCN)cc2Br)c(C)c1. The third-order valence-electron chi connectivity index (χ3n) is 3.52. The van der Waals surface area contributed by atoms with Crippen LogP contribution in [0.25, 0.3) is 0 Å². The summed E-state index contributed by atoms with van der Waals surface area (Å²) in [6.07, 6.45) is 0.909. The first-order valence-electron chi connectivity index (χ1n) is 6.82. The van der Waals surface area contributed by atoms with Crippen molar-refractivity contribution in [2.75, 3.05) is 18.5 Å². The van der Waals surface area contributed by atoms with Crippen molar-refractivity contribution in [3.8, 4) is 0 Å². The molecule has 3 heteroatoms. The molecule has 106 valence electrons. The minimum atomic E-state index is 0.679. The number of aryl methyl sites for hydroxylation is 2. The Bertz CT molecular complexity index is 608. The average Bonchev–Trinajstić information content (AvgIpc) is 2.38. The van der Waals surface area contributed by atoms with Gasteiger partial charge in [0.15, 0.2) is 0 Å². The molecule has 2 aromatic carbocycles. The Hall–Kier alpha value is -1.32. The zero-order chi connectivity index (χ0) is 14.7. The molecule has 2 N–H and O–H groups in total. The van der Waals surface area contributed by atoms with E-state index in [1.807, 2.05) is 0 Å². The van der Waals surface area contributed by atoms with E-state index >= 15 is 0 Å². The maximum absolute atomic E-state index is 5.61. The van der Waals surface area contributed by atoms with E-state index < -0.39 is 0 Å². The van der Waals surface area contributed by atoms with Crippen LogP contribution in [-0.4, -0.2) is 13.6 Å². The minimum Gasteiger partial charge on any atom is -0.343 e. The first-order valence-corrected chi connectivity index (χ1v) is 7.61. The molecule has 0 aliphatic heterocycles. The number of nitrogens with zero attached hydrogens (tertiary/aromatic N) is 1. The largest absolute Gasteiger partial charge is 0.343 e. The average molecular weight is 333 g/mol. The van der Waals surface area contributed by atoms with Gasteiger partial charge >= 0.3 is 0 Å². The molecule has 0 radical (unpaired) electrons. The summed E-state index contributed by atoms with van der Waals surface area (Å²) in [4.78, 5) is 2.21. The first kappa shape index (κ1) is 15.1. The molecule has 2 rings (SSSR count). The number of benzene rings is 2. The van der Waals surface area contributed by atoms with Crippen molar-refractivity contribution in [2.24, 2.45) is 5.73 Å². The maximum atomic E-state index is 5.61. The van der Waals surface area contributed by atoms with E-state index in [1.54, 1.807) is 0 Å². The molecule has 0 atom stereocenters. The predicted molar refractivity (Wildman–Crippen MR) is 90.9 cm³/mol. The highest BCUT2D eigenvalue weighted by molar-refractivity contribution is 9.10. The fraction of sp³-hybridized carbons (Fsp3) is 0.294. The fourth-order valence-electron chi connectivity index (χ4n) is 2.46. The molecule has 2 nitrogen and oxygen atoms in total. The zero-order valence-corrected chi connectivity index (χ0v) is 13.9. The lowest BCUT2D eigenvalue weighted by molar-refractivity contribution is 0.967. The Morgan fingerprint density at radius 2 is 1.75 bits per heavy atom. The second kappa shape index (κ2) is 6.42. The Kier molecular flexibility index (Phi) is 4.84. The summed E-state index contributed by atoms with van der Waals surface area (Å²) in [6, 6.07) is 13.0. The van der Waals surface area contributed by atoms with E-state index in [2.05, 4.69) is 78.1 Å². The van der Waals surface area contributed by atoms with Gasteiger partial charge in [-0.3, -0.25) is 0 Å². The van der Waals surface area contributed by atoms with Gasteiger partial charge in [-0.25, -0.2) is 0 Å². The molecular formula is C17H21BrN2. The summed E-state index contributed by atoms with van der Waals surface area (Å²) in [7, 11) is 2.10. The van der Waals surface area contributed by atoms with Crippen LogP contribution in [0.4, 0.5) is 11.4 Å². The second-order valence-corrected chi connectivity index (χ2v) is 6.03. The molecule has 0 heterocycles. The van der Waals surface area contributed by atoms with Crippen molar-refractivity contribution >= 4 is 27.3 Å². The van der Waals surface area contributed by atoms with Gasteiger partial charge in [0, 0.05) is 17.2 Å². The van der Waals surface area contributed by atoms with Gasteiger partial charge in [0.25, 0.3) is 0 Å². The molecule has 0 bridgehead atoms. The van der Waals surface area contributed by atoms with Crippen molar-refractivity contribution in [1.29, 1.82) is 0 Å². The lowest BCUT2D eigenvalue weighted by atomic mass is 10.1. The summed E-state index contributed by atoms with van der Waals surface area (Å²) in [6.45, 7) is 4.95. The van der Waals surface area contributed by atoms with Crippen LogP contribution in [0.2, 0.25) is 0 Å². The van der Waals surface area contributed by atoms with Crippen LogP contribution in [0.15, 0.2) is 40.9 Å². The predicted octanol–water partition coefficient (Wildman–Crippen LogP) is 4.34. The van der Waals surface area contributed by atoms with Gasteiger partial charge in [-0.1, -0.05) is 23.8 Å². The highest BCUT2D eigenvalue weighted by Crippen LogP contribution is 2.33. The molecule has 0 spiro atoms. The molecular weight excluding hydrogens is 312 g/mol. The number of anilines is 2. The van der Waals surface area contributed by atoms with Crippen LogP contribution < -0.4 is 10.6 Å². The van der Waals surface area contributed by atoms with E-state index in [1.165, 1.54) is 22.4 Å². The van der Waals surface area contributed by atoms with Crippen LogP contribution in [0, 0.1) is 13.8 Å². The van der Waals surface area contributed by atoms with Gasteiger partial charge in [0.05, 0.1) is 5.69 Å².